The van der Waals surface area contributed by atoms with E-state index >= 15 is 0 Å². The molecule has 0 saturated heterocycles. The Hall–Kier alpha value is -2.07. The number of aromatic nitrogens is 2. The topological polar surface area (TPSA) is 43.3 Å². The monoisotopic (exact) mass is 261 g/mol. The highest BCUT2D eigenvalue weighted by Crippen LogP contribution is 2.29. The van der Waals surface area contributed by atoms with Crippen molar-refractivity contribution in [3.8, 4) is 11.3 Å². The van der Waals surface area contributed by atoms with Gasteiger partial charge in [-0.1, -0.05) is 23.7 Å². The van der Waals surface area contributed by atoms with Crippen LogP contribution in [-0.2, 0) is 0 Å². The Balaban J connectivity index is 2.31. The molecule has 1 aromatic carbocycles. The number of hydrogen-bond acceptors (Lipinski definition) is 2. The number of imidazole rings is 1. The smallest absolute Gasteiger partial charge is 0.139 e. The number of nitrogens with zero attached hydrogens (tertiary/aromatic N) is 2. The van der Waals surface area contributed by atoms with E-state index in [1.165, 1.54) is 6.07 Å². The number of nitrogens with two attached hydrogens (primary N) is 1. The van der Waals surface area contributed by atoms with Gasteiger partial charge in [0.05, 0.1) is 5.02 Å². The third-order valence-corrected chi connectivity index (χ3v) is 2.97. The minimum Gasteiger partial charge on any atom is -0.383 e. The van der Waals surface area contributed by atoms with Gasteiger partial charge in [-0.2, -0.15) is 0 Å². The quantitative estimate of drug-likeness (QED) is 0.730. The Labute approximate surface area is 108 Å². The van der Waals surface area contributed by atoms with Crippen LogP contribution in [0, 0.1) is 5.82 Å². The largest absolute Gasteiger partial charge is 0.383 e. The molecule has 2 N–H and O–H groups in total. The lowest BCUT2D eigenvalue weighted by Crippen LogP contribution is -1.94. The van der Waals surface area contributed by atoms with E-state index in [4.69, 9.17) is 17.3 Å². The van der Waals surface area contributed by atoms with Crippen molar-refractivity contribution >= 4 is 23.1 Å². The SMILES string of the molecule is Nc1c(-c2ccccc2F)nc2ccc(Cl)cn12. The Morgan fingerprint density at radius 2 is 1.94 bits per heavy atom. The second-order valence-electron chi connectivity index (χ2n) is 3.90. The van der Waals surface area contributed by atoms with Gasteiger partial charge >= 0.3 is 0 Å². The lowest BCUT2D eigenvalue weighted by molar-refractivity contribution is 0.631. The third kappa shape index (κ3) is 1.62. The number of fused-ring (bicyclic) bond motifs is 1. The Kier molecular flexibility index (Phi) is 2.45. The highest BCUT2D eigenvalue weighted by atomic mass is 35.5. The molecule has 2 aromatic heterocycles. The molecule has 18 heavy (non-hydrogen) atoms. The summed E-state index contributed by atoms with van der Waals surface area (Å²) in [6.45, 7) is 0. The summed E-state index contributed by atoms with van der Waals surface area (Å²) in [4.78, 5) is 4.32. The van der Waals surface area contributed by atoms with Crippen LogP contribution in [0.5, 0.6) is 0 Å². The Morgan fingerprint density at radius 3 is 2.72 bits per heavy atom. The molecule has 0 aliphatic rings. The first kappa shape index (κ1) is 11.0. The molecule has 0 unspecified atom stereocenters. The molecule has 0 spiro atoms. The van der Waals surface area contributed by atoms with Crippen LogP contribution in [0.25, 0.3) is 16.9 Å². The molecule has 3 rings (SSSR count). The number of rotatable bonds is 1. The summed E-state index contributed by atoms with van der Waals surface area (Å²) >= 11 is 5.90. The fraction of sp³-hybridized carbons (Fsp3) is 0. The van der Waals surface area contributed by atoms with Crippen molar-refractivity contribution in [2.75, 3.05) is 5.73 Å². The summed E-state index contributed by atoms with van der Waals surface area (Å²) < 4.78 is 15.4. The van der Waals surface area contributed by atoms with Crippen molar-refractivity contribution in [1.29, 1.82) is 0 Å². The Morgan fingerprint density at radius 1 is 1.17 bits per heavy atom. The average molecular weight is 262 g/mol. The average Bonchev–Trinajstić information content (AvgIpc) is 2.68. The maximum absolute atomic E-state index is 13.7. The van der Waals surface area contributed by atoms with E-state index in [0.29, 0.717) is 27.7 Å². The molecule has 0 bridgehead atoms. The van der Waals surface area contributed by atoms with Gasteiger partial charge < -0.3 is 5.73 Å². The summed E-state index contributed by atoms with van der Waals surface area (Å²) in [7, 11) is 0. The molecule has 90 valence electrons. The van der Waals surface area contributed by atoms with E-state index in [1.54, 1.807) is 40.9 Å². The molecule has 0 aliphatic carbocycles. The first-order chi connectivity index (χ1) is 8.66. The van der Waals surface area contributed by atoms with E-state index in [1.807, 2.05) is 0 Å². The van der Waals surface area contributed by atoms with Gasteiger partial charge in [0.15, 0.2) is 0 Å². The third-order valence-electron chi connectivity index (χ3n) is 2.75. The lowest BCUT2D eigenvalue weighted by atomic mass is 10.1. The second-order valence-corrected chi connectivity index (χ2v) is 4.34. The standard InChI is InChI=1S/C13H9ClFN3/c14-8-5-6-11-17-12(13(16)18(11)7-8)9-3-1-2-4-10(9)15/h1-7H,16H2. The van der Waals surface area contributed by atoms with E-state index in [0.717, 1.165) is 0 Å². The van der Waals surface area contributed by atoms with Gasteiger partial charge in [-0.25, -0.2) is 9.37 Å². The van der Waals surface area contributed by atoms with Crippen LogP contribution in [0.1, 0.15) is 0 Å². The molecule has 3 nitrogen and oxygen atoms in total. The zero-order valence-corrected chi connectivity index (χ0v) is 10.0. The van der Waals surface area contributed by atoms with Gasteiger partial charge in [0.1, 0.15) is 23.0 Å². The van der Waals surface area contributed by atoms with Crippen molar-refractivity contribution in [3.05, 3.63) is 53.4 Å². The molecule has 3 aromatic rings. The minimum atomic E-state index is -0.348. The van der Waals surface area contributed by atoms with Crippen LogP contribution in [-0.4, -0.2) is 9.38 Å². The van der Waals surface area contributed by atoms with Gasteiger partial charge in [0.2, 0.25) is 0 Å². The molecule has 0 atom stereocenters. The van der Waals surface area contributed by atoms with Crippen molar-refractivity contribution in [2.24, 2.45) is 0 Å². The molecule has 5 heteroatoms. The van der Waals surface area contributed by atoms with Crippen LogP contribution in [0.3, 0.4) is 0 Å². The molecule has 0 aliphatic heterocycles. The van der Waals surface area contributed by atoms with Crippen LogP contribution >= 0.6 is 11.6 Å². The normalized spacial score (nSPS) is 11.0. The molecule has 2 heterocycles. The van der Waals surface area contributed by atoms with Gasteiger partial charge in [-0.05, 0) is 24.3 Å². The van der Waals surface area contributed by atoms with Crippen LogP contribution in [0.2, 0.25) is 5.02 Å². The predicted octanol–water partition coefficient (Wildman–Crippen LogP) is 3.38. The summed E-state index contributed by atoms with van der Waals surface area (Å²) in [5.41, 5.74) is 7.43. The zero-order chi connectivity index (χ0) is 12.7. The van der Waals surface area contributed by atoms with Crippen molar-refractivity contribution in [3.63, 3.8) is 0 Å². The van der Waals surface area contributed by atoms with Crippen molar-refractivity contribution in [2.45, 2.75) is 0 Å². The highest BCUT2D eigenvalue weighted by molar-refractivity contribution is 6.30. The van der Waals surface area contributed by atoms with E-state index in [2.05, 4.69) is 4.98 Å². The summed E-state index contributed by atoms with van der Waals surface area (Å²) in [5, 5.41) is 0.548. The van der Waals surface area contributed by atoms with E-state index in [-0.39, 0.29) is 5.82 Å². The number of nitrogen functional groups attached to an aromatic ring is 1. The number of anilines is 1. The summed E-state index contributed by atoms with van der Waals surface area (Å²) in [5.74, 6) is 0.0244. The first-order valence-electron chi connectivity index (χ1n) is 5.35. The summed E-state index contributed by atoms with van der Waals surface area (Å²) in [6.07, 6.45) is 1.66. The van der Waals surface area contributed by atoms with E-state index in [9.17, 15) is 4.39 Å². The molecule has 0 fully saturated rings. The van der Waals surface area contributed by atoms with Crippen LogP contribution in [0.15, 0.2) is 42.6 Å². The lowest BCUT2D eigenvalue weighted by Gasteiger charge is -2.00. The van der Waals surface area contributed by atoms with Crippen molar-refractivity contribution < 1.29 is 4.39 Å². The molecular formula is C13H9ClFN3. The van der Waals surface area contributed by atoms with Crippen LogP contribution in [0.4, 0.5) is 10.2 Å². The molecular weight excluding hydrogens is 253 g/mol. The maximum atomic E-state index is 13.7. The number of benzene rings is 1. The second kappa shape index (κ2) is 3.99. The number of halogens is 2. The highest BCUT2D eigenvalue weighted by Gasteiger charge is 2.14. The number of pyridine rings is 1. The Bertz CT molecular complexity index is 736. The van der Waals surface area contributed by atoms with Gasteiger partial charge in [-0.3, -0.25) is 4.40 Å². The molecule has 0 saturated carbocycles. The number of hydrogen-bond donors (Lipinski definition) is 1. The fourth-order valence-electron chi connectivity index (χ4n) is 1.89. The first-order valence-corrected chi connectivity index (χ1v) is 5.72. The maximum Gasteiger partial charge on any atom is 0.139 e. The van der Waals surface area contributed by atoms with Gasteiger partial charge in [0.25, 0.3) is 0 Å². The van der Waals surface area contributed by atoms with Gasteiger partial charge in [0, 0.05) is 11.8 Å². The molecule has 0 amide bonds. The summed E-state index contributed by atoms with van der Waals surface area (Å²) in [6, 6.07) is 9.86. The predicted molar refractivity (Wildman–Crippen MR) is 70.0 cm³/mol. The van der Waals surface area contributed by atoms with Crippen molar-refractivity contribution in [1.82, 2.24) is 9.38 Å². The van der Waals surface area contributed by atoms with E-state index < -0.39 is 0 Å². The molecule has 0 radical (unpaired) electrons. The fourth-order valence-corrected chi connectivity index (χ4v) is 2.05. The van der Waals surface area contributed by atoms with Gasteiger partial charge in [-0.15, -0.1) is 0 Å². The zero-order valence-electron chi connectivity index (χ0n) is 9.27. The van der Waals surface area contributed by atoms with Crippen LogP contribution < -0.4 is 5.73 Å². The minimum absolute atomic E-state index is 0.348.